The van der Waals surface area contributed by atoms with Crippen molar-refractivity contribution in [2.24, 2.45) is 0 Å². The van der Waals surface area contributed by atoms with Crippen molar-refractivity contribution in [1.29, 1.82) is 0 Å². The van der Waals surface area contributed by atoms with E-state index in [2.05, 4.69) is 15.9 Å². The van der Waals surface area contributed by atoms with Gasteiger partial charge < -0.3 is 9.64 Å². The number of methoxy groups -OCH3 is 1. The molecule has 0 aliphatic heterocycles. The zero-order valence-electron chi connectivity index (χ0n) is 10.8. The lowest BCUT2D eigenvalue weighted by Crippen LogP contribution is -2.34. The summed E-state index contributed by atoms with van der Waals surface area (Å²) >= 11 is 9.30. The topological polar surface area (TPSA) is 29.5 Å². The zero-order valence-corrected chi connectivity index (χ0v) is 13.2. The normalized spacial score (nSPS) is 12.3. The molecule has 0 aliphatic carbocycles. The van der Waals surface area contributed by atoms with Gasteiger partial charge in [-0.1, -0.05) is 33.6 Å². The van der Waals surface area contributed by atoms with Gasteiger partial charge in [0.05, 0.1) is 17.9 Å². The van der Waals surface area contributed by atoms with Gasteiger partial charge in [0.15, 0.2) is 0 Å². The van der Waals surface area contributed by atoms with Gasteiger partial charge in [0, 0.05) is 31.3 Å². The van der Waals surface area contributed by atoms with Crippen LogP contribution >= 0.6 is 27.5 Å². The fourth-order valence-corrected chi connectivity index (χ4v) is 2.55. The van der Waals surface area contributed by atoms with Gasteiger partial charge >= 0.3 is 0 Å². The molecule has 1 aromatic carbocycles. The van der Waals surface area contributed by atoms with Crippen LogP contribution in [0.25, 0.3) is 0 Å². The summed E-state index contributed by atoms with van der Waals surface area (Å²) in [6, 6.07) is 4.39. The molecule has 1 amide bonds. The molecule has 1 aromatic rings. The van der Waals surface area contributed by atoms with E-state index in [9.17, 15) is 9.18 Å². The first kappa shape index (κ1) is 16.4. The summed E-state index contributed by atoms with van der Waals surface area (Å²) in [5.74, 6) is -0.644. The van der Waals surface area contributed by atoms with Crippen LogP contribution in [0.1, 0.15) is 5.56 Å². The molecule has 1 rings (SSSR count). The highest BCUT2D eigenvalue weighted by Crippen LogP contribution is 2.20. The van der Waals surface area contributed by atoms with E-state index in [1.807, 2.05) is 0 Å². The van der Waals surface area contributed by atoms with E-state index in [1.165, 1.54) is 17.0 Å². The molecule has 19 heavy (non-hydrogen) atoms. The minimum atomic E-state index is -0.457. The Kier molecular flexibility index (Phi) is 6.75. The van der Waals surface area contributed by atoms with Crippen molar-refractivity contribution in [3.8, 4) is 0 Å². The maximum Gasteiger partial charge on any atom is 0.226 e. The molecule has 0 heterocycles. The molecule has 3 nitrogen and oxygen atoms in total. The van der Waals surface area contributed by atoms with E-state index in [-0.39, 0.29) is 27.7 Å². The molecule has 0 fully saturated rings. The van der Waals surface area contributed by atoms with Crippen LogP contribution in [-0.2, 0) is 16.0 Å². The van der Waals surface area contributed by atoms with Crippen LogP contribution < -0.4 is 0 Å². The Balaban J connectivity index is 2.64. The maximum absolute atomic E-state index is 13.6. The number of likely N-dealkylation sites (N-methyl/N-ethyl adjacent to an activating group) is 1. The second-order valence-corrected chi connectivity index (χ2v) is 5.91. The third-order valence-electron chi connectivity index (χ3n) is 2.63. The number of alkyl halides is 1. The molecule has 0 saturated carbocycles. The van der Waals surface area contributed by atoms with Crippen molar-refractivity contribution in [2.45, 2.75) is 11.2 Å². The van der Waals surface area contributed by atoms with E-state index in [0.717, 1.165) is 0 Å². The number of hydrogen-bond acceptors (Lipinski definition) is 2. The Labute approximate surface area is 125 Å². The highest BCUT2D eigenvalue weighted by Gasteiger charge is 2.17. The van der Waals surface area contributed by atoms with Crippen LogP contribution in [0.15, 0.2) is 18.2 Å². The van der Waals surface area contributed by atoms with Crippen LogP contribution in [0.4, 0.5) is 4.39 Å². The number of carbonyl (C=O) groups excluding carboxylic acids is 1. The summed E-state index contributed by atoms with van der Waals surface area (Å²) in [6.45, 7) is 0.983. The number of benzene rings is 1. The van der Waals surface area contributed by atoms with Gasteiger partial charge in [-0.15, -0.1) is 0 Å². The predicted octanol–water partition coefficient (Wildman–Crippen LogP) is 2.89. The van der Waals surface area contributed by atoms with Crippen molar-refractivity contribution >= 4 is 33.4 Å². The third-order valence-corrected chi connectivity index (χ3v) is 3.54. The quantitative estimate of drug-likeness (QED) is 0.737. The van der Waals surface area contributed by atoms with Crippen molar-refractivity contribution in [3.05, 3.63) is 34.6 Å². The Bertz CT molecular complexity index is 424. The van der Waals surface area contributed by atoms with E-state index in [1.54, 1.807) is 20.2 Å². The summed E-state index contributed by atoms with van der Waals surface area (Å²) in [6.07, 6.45) is -0.0469. The predicted molar refractivity (Wildman–Crippen MR) is 77.3 cm³/mol. The monoisotopic (exact) mass is 351 g/mol. The zero-order chi connectivity index (χ0) is 14.4. The van der Waals surface area contributed by atoms with Gasteiger partial charge in [0.2, 0.25) is 5.91 Å². The van der Waals surface area contributed by atoms with Gasteiger partial charge in [-0.2, -0.15) is 0 Å². The van der Waals surface area contributed by atoms with Crippen molar-refractivity contribution in [1.82, 2.24) is 4.90 Å². The summed E-state index contributed by atoms with van der Waals surface area (Å²) in [5, 5.41) is 0.272. The fraction of sp³-hybridized carbons (Fsp3) is 0.462. The van der Waals surface area contributed by atoms with Crippen LogP contribution in [-0.4, -0.2) is 42.9 Å². The van der Waals surface area contributed by atoms with Gasteiger partial charge in [-0.05, 0) is 12.1 Å². The maximum atomic E-state index is 13.6. The molecule has 0 bridgehead atoms. The first-order chi connectivity index (χ1) is 8.95. The van der Waals surface area contributed by atoms with E-state index >= 15 is 0 Å². The molecule has 1 unspecified atom stereocenters. The molecular formula is C13H16BrClFNO2. The molecule has 0 spiro atoms. The second-order valence-electron chi connectivity index (χ2n) is 4.20. The number of rotatable bonds is 6. The van der Waals surface area contributed by atoms with Crippen LogP contribution in [0, 0.1) is 5.82 Å². The average molecular weight is 353 g/mol. The largest absolute Gasteiger partial charge is 0.383 e. The van der Waals surface area contributed by atoms with Crippen LogP contribution in [0.2, 0.25) is 5.02 Å². The van der Waals surface area contributed by atoms with E-state index < -0.39 is 5.82 Å². The SMILES string of the molecule is COCC(Br)CN(C)C(=O)Cc1c(F)cccc1Cl. The van der Waals surface area contributed by atoms with Crippen LogP contribution in [0.5, 0.6) is 0 Å². The Morgan fingerprint density at radius 2 is 2.26 bits per heavy atom. The number of hydrogen-bond donors (Lipinski definition) is 0. The number of ether oxygens (including phenoxy) is 1. The molecule has 0 N–H and O–H groups in total. The molecule has 106 valence electrons. The standard InChI is InChI=1S/C13H16BrClFNO2/c1-17(7-9(14)8-19-2)13(18)6-10-11(15)4-3-5-12(10)16/h3-5,9H,6-8H2,1-2H3. The van der Waals surface area contributed by atoms with Gasteiger partial charge in [-0.25, -0.2) is 4.39 Å². The number of amides is 1. The molecular weight excluding hydrogens is 337 g/mol. The molecule has 0 aliphatic rings. The lowest BCUT2D eigenvalue weighted by molar-refractivity contribution is -0.129. The van der Waals surface area contributed by atoms with Crippen molar-refractivity contribution < 1.29 is 13.9 Å². The first-order valence-electron chi connectivity index (χ1n) is 5.75. The number of carbonyl (C=O) groups is 1. The molecule has 0 aromatic heterocycles. The van der Waals surface area contributed by atoms with Gasteiger partial charge in [-0.3, -0.25) is 4.79 Å². The van der Waals surface area contributed by atoms with E-state index in [4.69, 9.17) is 16.3 Å². The van der Waals surface area contributed by atoms with E-state index in [0.29, 0.717) is 13.2 Å². The minimum absolute atomic E-state index is 0.0440. The van der Waals surface area contributed by atoms with Crippen LogP contribution in [0.3, 0.4) is 0 Å². The smallest absolute Gasteiger partial charge is 0.226 e. The summed E-state index contributed by atoms with van der Waals surface area (Å²) < 4.78 is 18.5. The summed E-state index contributed by atoms with van der Waals surface area (Å²) in [5.41, 5.74) is 0.235. The fourth-order valence-electron chi connectivity index (χ4n) is 1.62. The van der Waals surface area contributed by atoms with Crippen molar-refractivity contribution in [3.63, 3.8) is 0 Å². The average Bonchev–Trinajstić information content (AvgIpc) is 2.34. The highest BCUT2D eigenvalue weighted by molar-refractivity contribution is 9.09. The highest BCUT2D eigenvalue weighted by atomic mass is 79.9. The number of halogens is 3. The van der Waals surface area contributed by atoms with Gasteiger partial charge in [0.1, 0.15) is 5.82 Å². The molecule has 6 heteroatoms. The first-order valence-corrected chi connectivity index (χ1v) is 7.05. The lowest BCUT2D eigenvalue weighted by atomic mass is 10.1. The summed E-state index contributed by atoms with van der Waals surface area (Å²) in [7, 11) is 3.26. The molecule has 0 saturated heterocycles. The Morgan fingerprint density at radius 1 is 1.58 bits per heavy atom. The Hall–Kier alpha value is -0.650. The minimum Gasteiger partial charge on any atom is -0.383 e. The molecule has 1 atom stereocenters. The van der Waals surface area contributed by atoms with Gasteiger partial charge in [0.25, 0.3) is 0 Å². The number of nitrogens with zero attached hydrogens (tertiary/aromatic N) is 1. The third kappa shape index (κ3) is 5.09. The molecule has 0 radical (unpaired) electrons. The lowest BCUT2D eigenvalue weighted by Gasteiger charge is -2.20. The Morgan fingerprint density at radius 3 is 2.84 bits per heavy atom. The van der Waals surface area contributed by atoms with Crippen molar-refractivity contribution in [2.75, 3.05) is 27.3 Å². The summed E-state index contributed by atoms with van der Waals surface area (Å²) in [4.78, 5) is 13.6. The second kappa shape index (κ2) is 7.82.